The number of phosphoric acid groups is 1. The molecule has 354 valence electrons. The van der Waals surface area contributed by atoms with Gasteiger partial charge < -0.3 is 27.9 Å². The molecule has 0 aromatic rings. The molecule has 2 unspecified atom stereocenters. The Balaban J connectivity index is 4.12. The fourth-order valence-electron chi connectivity index (χ4n) is 6.47. The zero-order chi connectivity index (χ0) is 44.8. The van der Waals surface area contributed by atoms with Gasteiger partial charge in [-0.2, -0.15) is 0 Å². The van der Waals surface area contributed by atoms with Crippen molar-refractivity contribution in [3.63, 3.8) is 0 Å². The molecule has 0 bridgehead atoms. The third kappa shape index (κ3) is 48.8. The van der Waals surface area contributed by atoms with Crippen molar-refractivity contribution in [3.05, 3.63) is 72.9 Å². The van der Waals surface area contributed by atoms with Crippen LogP contribution in [0.2, 0.25) is 0 Å². The Morgan fingerprint density at radius 2 is 0.951 bits per heavy atom. The molecule has 0 fully saturated rings. The molecule has 0 spiro atoms. The summed E-state index contributed by atoms with van der Waals surface area (Å²) in [6, 6.07) is 0. The van der Waals surface area contributed by atoms with E-state index in [2.05, 4.69) is 74.6 Å². The smallest absolute Gasteiger partial charge is 0.306 e. The number of likely N-dealkylation sites (N-methyl/N-ethyl adjacent to an activating group) is 1. The minimum Gasteiger partial charge on any atom is -0.756 e. The fraction of sp³-hybridized carbons (Fsp3) is 0.750. The van der Waals surface area contributed by atoms with Crippen LogP contribution in [0.1, 0.15) is 194 Å². The highest BCUT2D eigenvalue weighted by Gasteiger charge is 2.20. The van der Waals surface area contributed by atoms with Gasteiger partial charge in [0.2, 0.25) is 0 Å². The fourth-order valence-corrected chi connectivity index (χ4v) is 7.20. The Morgan fingerprint density at radius 3 is 1.43 bits per heavy atom. The molecule has 61 heavy (non-hydrogen) atoms. The van der Waals surface area contributed by atoms with Gasteiger partial charge in [-0.3, -0.25) is 9.36 Å². The highest BCUT2D eigenvalue weighted by molar-refractivity contribution is 7.45. The number of hydrogen-bond donors (Lipinski definition) is 0. The number of allylic oxidation sites excluding steroid dienone is 12. The molecular weight excluding hydrogens is 782 g/mol. The van der Waals surface area contributed by atoms with Gasteiger partial charge in [0.15, 0.2) is 0 Å². The Morgan fingerprint density at radius 1 is 0.525 bits per heavy atom. The van der Waals surface area contributed by atoms with Crippen molar-refractivity contribution in [1.82, 2.24) is 0 Å². The van der Waals surface area contributed by atoms with E-state index < -0.39 is 19.9 Å². The van der Waals surface area contributed by atoms with Crippen LogP contribution in [0.25, 0.3) is 0 Å². The first-order valence-corrected chi connectivity index (χ1v) is 26.1. The zero-order valence-electron chi connectivity index (χ0n) is 40.1. The van der Waals surface area contributed by atoms with Crippen LogP contribution >= 0.6 is 7.82 Å². The van der Waals surface area contributed by atoms with Gasteiger partial charge in [-0.15, -0.1) is 0 Å². The van der Waals surface area contributed by atoms with Crippen molar-refractivity contribution >= 4 is 13.8 Å². The van der Waals surface area contributed by atoms with Gasteiger partial charge in [0.1, 0.15) is 19.3 Å². The predicted molar refractivity (Wildman–Crippen MR) is 259 cm³/mol. The van der Waals surface area contributed by atoms with E-state index in [1.54, 1.807) is 0 Å². The van der Waals surface area contributed by atoms with E-state index in [1.165, 1.54) is 122 Å². The number of hydrogen-bond acceptors (Lipinski definition) is 7. The molecule has 0 aromatic carbocycles. The average molecular weight is 876 g/mol. The molecule has 2 atom stereocenters. The first kappa shape index (κ1) is 58.9. The Bertz CT molecular complexity index is 1200. The van der Waals surface area contributed by atoms with Gasteiger partial charge in [0.25, 0.3) is 7.82 Å². The van der Waals surface area contributed by atoms with E-state index in [1.807, 2.05) is 33.3 Å². The quantitative estimate of drug-likeness (QED) is 0.0198. The van der Waals surface area contributed by atoms with Gasteiger partial charge in [-0.1, -0.05) is 189 Å². The topological polar surface area (TPSA) is 94.1 Å². The number of nitrogens with zero attached hydrogens (tertiary/aromatic N) is 1. The van der Waals surface area contributed by atoms with E-state index in [-0.39, 0.29) is 26.2 Å². The van der Waals surface area contributed by atoms with Crippen LogP contribution in [0, 0.1) is 0 Å². The molecule has 0 aliphatic carbocycles. The number of ether oxygens (including phenoxy) is 2. The number of rotatable bonds is 45. The summed E-state index contributed by atoms with van der Waals surface area (Å²) in [6.45, 7) is 5.18. The van der Waals surface area contributed by atoms with Crippen LogP contribution in [-0.4, -0.2) is 70.7 Å². The minimum atomic E-state index is -4.55. The Hall–Kier alpha value is -2.06. The van der Waals surface area contributed by atoms with Crippen molar-refractivity contribution in [2.45, 2.75) is 200 Å². The van der Waals surface area contributed by atoms with E-state index in [4.69, 9.17) is 18.5 Å². The molecule has 0 heterocycles. The summed E-state index contributed by atoms with van der Waals surface area (Å²) in [6.07, 6.45) is 58.2. The molecule has 0 saturated carbocycles. The highest BCUT2D eigenvalue weighted by Crippen LogP contribution is 2.38. The lowest BCUT2D eigenvalue weighted by Gasteiger charge is -2.28. The second kappa shape index (κ2) is 44.5. The molecule has 0 aromatic heterocycles. The maximum atomic E-state index is 12.6. The number of esters is 1. The van der Waals surface area contributed by atoms with E-state index in [0.717, 1.165) is 44.9 Å². The highest BCUT2D eigenvalue weighted by atomic mass is 31.2. The molecule has 8 nitrogen and oxygen atoms in total. The zero-order valence-corrected chi connectivity index (χ0v) is 41.0. The SMILES string of the molecule is CC/C=C\C/C=C\C/C=C\C/C=C\CCC(=O)OC(COCCCCCCCCCCCCCCCC/C=C\C/C=C\CCCCCCC)COP(=O)([O-])OCC[N+](C)(C)C. The Labute approximate surface area is 376 Å². The molecule has 0 amide bonds. The van der Waals surface area contributed by atoms with Crippen LogP contribution in [0.5, 0.6) is 0 Å². The lowest BCUT2D eigenvalue weighted by molar-refractivity contribution is -0.870. The van der Waals surface area contributed by atoms with Crippen molar-refractivity contribution in [2.24, 2.45) is 0 Å². The third-order valence-corrected chi connectivity index (χ3v) is 11.2. The van der Waals surface area contributed by atoms with E-state index in [9.17, 15) is 14.3 Å². The summed E-state index contributed by atoms with van der Waals surface area (Å²) in [5, 5.41) is 0. The van der Waals surface area contributed by atoms with Crippen molar-refractivity contribution in [2.75, 3.05) is 54.1 Å². The van der Waals surface area contributed by atoms with Crippen molar-refractivity contribution < 1.29 is 37.3 Å². The molecule has 9 heteroatoms. The summed E-state index contributed by atoms with van der Waals surface area (Å²) < 4.78 is 34.5. The van der Waals surface area contributed by atoms with Crippen molar-refractivity contribution in [1.29, 1.82) is 0 Å². The van der Waals surface area contributed by atoms with Crippen LogP contribution in [0.4, 0.5) is 0 Å². The number of phosphoric ester groups is 1. The summed E-state index contributed by atoms with van der Waals surface area (Å²) in [7, 11) is 1.31. The largest absolute Gasteiger partial charge is 0.756 e. The molecule has 0 rings (SSSR count). The van der Waals surface area contributed by atoms with Crippen LogP contribution in [-0.2, 0) is 27.9 Å². The third-order valence-electron chi connectivity index (χ3n) is 10.3. The summed E-state index contributed by atoms with van der Waals surface area (Å²) in [5.74, 6) is -0.414. The van der Waals surface area contributed by atoms with Crippen molar-refractivity contribution in [3.8, 4) is 0 Å². The van der Waals surface area contributed by atoms with Gasteiger partial charge in [-0.05, 0) is 70.6 Å². The van der Waals surface area contributed by atoms with Crippen LogP contribution in [0.3, 0.4) is 0 Å². The monoisotopic (exact) mass is 876 g/mol. The number of carbonyl (C=O) groups is 1. The normalized spacial score (nSPS) is 14.3. The van der Waals surface area contributed by atoms with E-state index >= 15 is 0 Å². The molecule has 0 aliphatic heterocycles. The van der Waals surface area contributed by atoms with Gasteiger partial charge in [0, 0.05) is 13.0 Å². The standard InChI is InChI=1S/C52H94NO7P/c1-6-8-10-12-14-16-18-20-21-22-23-24-25-26-27-28-29-30-31-32-34-36-38-40-42-44-47-57-49-51(50-59-61(55,56)58-48-46-53(3,4)5)60-52(54)45-43-41-39-37-35-33-19-17-15-13-11-9-7-2/h9,11,15,17-18,20,22-23,33,35,39,41,51H,6-8,10,12-14,16,19,21,24-32,34,36-38,40,42-50H2,1-5H3/b11-9-,17-15-,20-18-,23-22-,35-33-,41-39-. The first-order chi connectivity index (χ1) is 29.6. The second-order valence-electron chi connectivity index (χ2n) is 17.4. The lowest BCUT2D eigenvalue weighted by Crippen LogP contribution is -2.37. The van der Waals surface area contributed by atoms with E-state index in [0.29, 0.717) is 24.1 Å². The Kier molecular flexibility index (Phi) is 43.0. The number of quaternary nitrogens is 1. The summed E-state index contributed by atoms with van der Waals surface area (Å²) in [5.41, 5.74) is 0. The number of unbranched alkanes of at least 4 members (excludes halogenated alkanes) is 19. The predicted octanol–water partition coefficient (Wildman–Crippen LogP) is 14.4. The second-order valence-corrected chi connectivity index (χ2v) is 18.8. The average Bonchev–Trinajstić information content (AvgIpc) is 3.22. The summed E-state index contributed by atoms with van der Waals surface area (Å²) in [4.78, 5) is 25.0. The number of carbonyl (C=O) groups excluding carboxylic acids is 1. The van der Waals surface area contributed by atoms with Gasteiger partial charge in [0.05, 0.1) is 34.4 Å². The summed E-state index contributed by atoms with van der Waals surface area (Å²) >= 11 is 0. The maximum absolute atomic E-state index is 12.6. The molecule has 0 N–H and O–H groups in total. The molecule has 0 aliphatic rings. The van der Waals surface area contributed by atoms with Crippen LogP contribution < -0.4 is 4.89 Å². The molecular formula is C52H94NO7P. The first-order valence-electron chi connectivity index (χ1n) is 24.7. The molecule has 0 radical (unpaired) electrons. The minimum absolute atomic E-state index is 0.0108. The lowest BCUT2D eigenvalue weighted by atomic mass is 10.0. The maximum Gasteiger partial charge on any atom is 0.306 e. The van der Waals surface area contributed by atoms with Gasteiger partial charge >= 0.3 is 5.97 Å². The van der Waals surface area contributed by atoms with Crippen LogP contribution in [0.15, 0.2) is 72.9 Å². The van der Waals surface area contributed by atoms with Gasteiger partial charge in [-0.25, -0.2) is 0 Å². The molecule has 0 saturated heterocycles.